The van der Waals surface area contributed by atoms with Crippen LogP contribution in [0, 0.1) is 6.92 Å². The highest BCUT2D eigenvalue weighted by atomic mass is 35.5. The highest BCUT2D eigenvalue weighted by Crippen LogP contribution is 2.20. The lowest BCUT2D eigenvalue weighted by atomic mass is 10.1. The number of piperazine rings is 1. The number of hydrogen-bond donors (Lipinski definition) is 1. The van der Waals surface area contributed by atoms with E-state index in [1.54, 1.807) is 17.0 Å². The Kier molecular flexibility index (Phi) is 7.81. The van der Waals surface area contributed by atoms with Gasteiger partial charge in [0.2, 0.25) is 0 Å². The Morgan fingerprint density at radius 3 is 2.81 bits per heavy atom. The predicted octanol–water partition coefficient (Wildman–Crippen LogP) is 3.28. The molecule has 166 valence electrons. The molecule has 3 rings (SSSR count). The SMILES string of the molecule is Cc1cccc(CCCOC(C)C2CN(C(=O)c3cccnc3Cl)CCN2C(=O)O)n1. The van der Waals surface area contributed by atoms with Crippen molar-refractivity contribution in [2.24, 2.45) is 0 Å². The van der Waals surface area contributed by atoms with E-state index in [0.29, 0.717) is 18.7 Å². The summed E-state index contributed by atoms with van der Waals surface area (Å²) in [6.07, 6.45) is 1.68. The molecule has 0 aliphatic carbocycles. The maximum Gasteiger partial charge on any atom is 0.407 e. The van der Waals surface area contributed by atoms with Crippen molar-refractivity contribution in [2.75, 3.05) is 26.2 Å². The van der Waals surface area contributed by atoms with Gasteiger partial charge in [0.1, 0.15) is 5.15 Å². The molecule has 31 heavy (non-hydrogen) atoms. The number of hydrogen-bond acceptors (Lipinski definition) is 5. The first kappa shape index (κ1) is 23.0. The summed E-state index contributed by atoms with van der Waals surface area (Å²) >= 11 is 6.07. The van der Waals surface area contributed by atoms with Crippen LogP contribution in [0.1, 0.15) is 35.1 Å². The smallest absolute Gasteiger partial charge is 0.407 e. The van der Waals surface area contributed by atoms with Crippen molar-refractivity contribution in [1.82, 2.24) is 19.8 Å². The molecule has 2 unspecified atom stereocenters. The highest BCUT2D eigenvalue weighted by Gasteiger charge is 2.36. The predicted molar refractivity (Wildman–Crippen MR) is 116 cm³/mol. The van der Waals surface area contributed by atoms with Crippen LogP contribution in [0.2, 0.25) is 5.15 Å². The summed E-state index contributed by atoms with van der Waals surface area (Å²) in [7, 11) is 0. The normalized spacial score (nSPS) is 17.5. The maximum atomic E-state index is 12.9. The minimum Gasteiger partial charge on any atom is -0.465 e. The largest absolute Gasteiger partial charge is 0.465 e. The van der Waals surface area contributed by atoms with Gasteiger partial charge in [0.05, 0.1) is 17.7 Å². The van der Waals surface area contributed by atoms with Gasteiger partial charge < -0.3 is 14.7 Å². The number of aryl methyl sites for hydroxylation is 2. The number of carboxylic acid groups (broad SMARTS) is 1. The van der Waals surface area contributed by atoms with Gasteiger partial charge in [-0.15, -0.1) is 0 Å². The lowest BCUT2D eigenvalue weighted by Gasteiger charge is -2.42. The first-order valence-electron chi connectivity index (χ1n) is 10.3. The Hall–Kier alpha value is -2.71. The van der Waals surface area contributed by atoms with E-state index in [0.717, 1.165) is 24.2 Å². The number of nitrogens with zero attached hydrogens (tertiary/aromatic N) is 4. The third kappa shape index (κ3) is 5.92. The monoisotopic (exact) mass is 446 g/mol. The summed E-state index contributed by atoms with van der Waals surface area (Å²) in [5.74, 6) is -0.258. The maximum absolute atomic E-state index is 12.9. The Morgan fingerprint density at radius 2 is 2.10 bits per heavy atom. The first-order chi connectivity index (χ1) is 14.9. The fourth-order valence-electron chi connectivity index (χ4n) is 3.72. The standard InChI is InChI=1S/C22H27ClN4O4/c1-15-6-3-7-17(25-15)8-5-13-31-16(2)19-14-26(11-12-27(19)22(29)30)21(28)18-9-4-10-24-20(18)23/h3-4,6-7,9-10,16,19H,5,8,11-14H2,1-2H3,(H,29,30). The molecule has 1 aliphatic heterocycles. The molecule has 1 saturated heterocycles. The number of carbonyl (C=O) groups is 2. The van der Waals surface area contributed by atoms with Crippen LogP contribution in [0.3, 0.4) is 0 Å². The van der Waals surface area contributed by atoms with Gasteiger partial charge in [0.15, 0.2) is 0 Å². The molecule has 1 N–H and O–H groups in total. The van der Waals surface area contributed by atoms with E-state index < -0.39 is 12.1 Å². The molecular formula is C22H27ClN4O4. The molecule has 2 aromatic rings. The number of halogens is 1. The molecule has 1 fully saturated rings. The molecule has 3 heterocycles. The fourth-order valence-corrected chi connectivity index (χ4v) is 3.92. The first-order valence-corrected chi connectivity index (χ1v) is 10.7. The number of amides is 2. The molecule has 0 saturated carbocycles. The number of pyridine rings is 2. The van der Waals surface area contributed by atoms with Gasteiger partial charge in [0, 0.05) is 43.8 Å². The Morgan fingerprint density at radius 1 is 1.29 bits per heavy atom. The lowest BCUT2D eigenvalue weighted by molar-refractivity contribution is -0.0274. The Balaban J connectivity index is 1.59. The molecule has 0 bridgehead atoms. The topological polar surface area (TPSA) is 95.9 Å². The van der Waals surface area contributed by atoms with E-state index in [1.165, 1.54) is 11.1 Å². The third-order valence-electron chi connectivity index (χ3n) is 5.39. The van der Waals surface area contributed by atoms with Gasteiger partial charge in [-0.25, -0.2) is 9.78 Å². The van der Waals surface area contributed by atoms with Crippen molar-refractivity contribution in [3.63, 3.8) is 0 Å². The van der Waals surface area contributed by atoms with Crippen molar-refractivity contribution in [2.45, 2.75) is 38.8 Å². The number of rotatable bonds is 7. The van der Waals surface area contributed by atoms with E-state index in [4.69, 9.17) is 16.3 Å². The minimum atomic E-state index is -1.02. The fraction of sp³-hybridized carbons (Fsp3) is 0.455. The quantitative estimate of drug-likeness (QED) is 0.518. The van der Waals surface area contributed by atoms with Gasteiger partial charge in [-0.2, -0.15) is 0 Å². The zero-order valence-electron chi connectivity index (χ0n) is 17.7. The molecule has 0 aromatic carbocycles. The summed E-state index contributed by atoms with van der Waals surface area (Å²) in [6, 6.07) is 8.72. The second kappa shape index (κ2) is 10.5. The summed E-state index contributed by atoms with van der Waals surface area (Å²) in [5, 5.41) is 9.76. The van der Waals surface area contributed by atoms with Crippen molar-refractivity contribution < 1.29 is 19.4 Å². The molecule has 0 spiro atoms. The van der Waals surface area contributed by atoms with Gasteiger partial charge in [-0.05, 0) is 51.0 Å². The van der Waals surface area contributed by atoms with Crippen molar-refractivity contribution in [3.05, 3.63) is 58.6 Å². The second-order valence-electron chi connectivity index (χ2n) is 7.59. The van der Waals surface area contributed by atoms with Crippen LogP contribution in [-0.4, -0.2) is 75.3 Å². The van der Waals surface area contributed by atoms with Crippen LogP contribution in [-0.2, 0) is 11.2 Å². The number of ether oxygens (including phenoxy) is 1. The third-order valence-corrected chi connectivity index (χ3v) is 5.69. The zero-order chi connectivity index (χ0) is 22.4. The van der Waals surface area contributed by atoms with Crippen LogP contribution in [0.25, 0.3) is 0 Å². The molecule has 0 radical (unpaired) electrons. The van der Waals surface area contributed by atoms with Crippen LogP contribution in [0.15, 0.2) is 36.5 Å². The second-order valence-corrected chi connectivity index (χ2v) is 7.94. The molecule has 1 aliphatic rings. The Labute approximate surface area is 186 Å². The van der Waals surface area contributed by atoms with Crippen LogP contribution >= 0.6 is 11.6 Å². The molecule has 2 amide bonds. The van der Waals surface area contributed by atoms with Gasteiger partial charge >= 0.3 is 6.09 Å². The van der Waals surface area contributed by atoms with E-state index >= 15 is 0 Å². The van der Waals surface area contributed by atoms with Crippen molar-refractivity contribution in [1.29, 1.82) is 0 Å². The summed E-state index contributed by atoms with van der Waals surface area (Å²) in [5.41, 5.74) is 2.29. The average molecular weight is 447 g/mol. The van der Waals surface area contributed by atoms with Gasteiger partial charge in [-0.1, -0.05) is 17.7 Å². The Bertz CT molecular complexity index is 926. The zero-order valence-corrected chi connectivity index (χ0v) is 18.5. The van der Waals surface area contributed by atoms with Crippen molar-refractivity contribution in [3.8, 4) is 0 Å². The summed E-state index contributed by atoms with van der Waals surface area (Å²) in [4.78, 5) is 36.0. The summed E-state index contributed by atoms with van der Waals surface area (Å²) in [6.45, 7) is 5.01. The number of carbonyl (C=O) groups excluding carboxylic acids is 1. The van der Waals surface area contributed by atoms with Crippen LogP contribution < -0.4 is 0 Å². The van der Waals surface area contributed by atoms with E-state index in [1.807, 2.05) is 32.0 Å². The highest BCUT2D eigenvalue weighted by molar-refractivity contribution is 6.32. The minimum absolute atomic E-state index is 0.138. The van der Waals surface area contributed by atoms with Crippen LogP contribution in [0.5, 0.6) is 0 Å². The van der Waals surface area contributed by atoms with E-state index in [2.05, 4.69) is 9.97 Å². The number of aromatic nitrogens is 2. The molecule has 2 atom stereocenters. The average Bonchev–Trinajstić information content (AvgIpc) is 2.76. The van der Waals surface area contributed by atoms with Gasteiger partial charge in [-0.3, -0.25) is 14.7 Å². The molecular weight excluding hydrogens is 420 g/mol. The van der Waals surface area contributed by atoms with E-state index in [9.17, 15) is 14.7 Å². The lowest BCUT2D eigenvalue weighted by Crippen LogP contribution is -2.60. The summed E-state index contributed by atoms with van der Waals surface area (Å²) < 4.78 is 5.96. The van der Waals surface area contributed by atoms with Crippen LogP contribution in [0.4, 0.5) is 4.79 Å². The van der Waals surface area contributed by atoms with Gasteiger partial charge in [0.25, 0.3) is 5.91 Å². The molecule has 2 aromatic heterocycles. The molecule has 9 heteroatoms. The van der Waals surface area contributed by atoms with E-state index in [-0.39, 0.29) is 30.3 Å². The van der Waals surface area contributed by atoms with Crippen molar-refractivity contribution >= 4 is 23.6 Å². The molecule has 8 nitrogen and oxygen atoms in total.